The third-order valence-corrected chi connectivity index (χ3v) is 5.26. The molecule has 0 saturated carbocycles. The normalized spacial score (nSPS) is 11.1. The van der Waals surface area contributed by atoms with Crippen LogP contribution < -0.4 is 10.3 Å². The third-order valence-electron chi connectivity index (χ3n) is 4.08. The Morgan fingerprint density at radius 2 is 1.96 bits per heavy atom. The van der Waals surface area contributed by atoms with E-state index in [4.69, 9.17) is 21.1 Å². The van der Waals surface area contributed by atoms with Crippen LogP contribution in [0, 0.1) is 0 Å². The standard InChI is InChI=1S/C21H23ClN2O3S/c1-2-26-12-6-11-24-20(25)18-10-9-16(22)15-19(18)23-21(24)28-14-13-27-17-7-4-3-5-8-17/h3-5,7-10,15H,2,6,11-14H2,1H3. The maximum absolute atomic E-state index is 13.0. The number of hydrogen-bond donors (Lipinski definition) is 0. The zero-order valence-corrected chi connectivity index (χ0v) is 17.3. The van der Waals surface area contributed by atoms with E-state index in [1.165, 1.54) is 11.8 Å². The molecular weight excluding hydrogens is 396 g/mol. The first-order valence-electron chi connectivity index (χ1n) is 9.27. The Bertz CT molecular complexity index is 963. The molecule has 0 aliphatic heterocycles. The number of benzene rings is 2. The average molecular weight is 419 g/mol. The minimum absolute atomic E-state index is 0.0513. The molecular formula is C21H23ClN2O3S. The predicted molar refractivity (Wildman–Crippen MR) is 115 cm³/mol. The van der Waals surface area contributed by atoms with Crippen LogP contribution in [0.3, 0.4) is 0 Å². The van der Waals surface area contributed by atoms with Gasteiger partial charge in [-0.3, -0.25) is 9.36 Å². The van der Waals surface area contributed by atoms with Crippen molar-refractivity contribution in [1.82, 2.24) is 9.55 Å². The number of hydrogen-bond acceptors (Lipinski definition) is 5. The number of aromatic nitrogens is 2. The molecule has 7 heteroatoms. The Morgan fingerprint density at radius 1 is 1.14 bits per heavy atom. The fraction of sp³-hybridized carbons (Fsp3) is 0.333. The first-order valence-corrected chi connectivity index (χ1v) is 10.6. The van der Waals surface area contributed by atoms with E-state index in [9.17, 15) is 4.79 Å². The summed E-state index contributed by atoms with van der Waals surface area (Å²) in [6.45, 7) is 4.33. The van der Waals surface area contributed by atoms with Gasteiger partial charge in [0.1, 0.15) is 5.75 Å². The summed E-state index contributed by atoms with van der Waals surface area (Å²) in [4.78, 5) is 17.7. The van der Waals surface area contributed by atoms with Crippen molar-refractivity contribution in [3.63, 3.8) is 0 Å². The van der Waals surface area contributed by atoms with Crippen molar-refractivity contribution in [2.45, 2.75) is 25.0 Å². The summed E-state index contributed by atoms with van der Waals surface area (Å²) in [5, 5.41) is 1.82. The van der Waals surface area contributed by atoms with Crippen molar-refractivity contribution in [2.24, 2.45) is 0 Å². The molecule has 0 unspecified atom stereocenters. The minimum atomic E-state index is -0.0513. The molecule has 1 heterocycles. The van der Waals surface area contributed by atoms with Crippen LogP contribution in [0.1, 0.15) is 13.3 Å². The number of para-hydroxylation sites is 1. The molecule has 0 atom stereocenters. The highest BCUT2D eigenvalue weighted by molar-refractivity contribution is 7.99. The molecule has 0 radical (unpaired) electrons. The maximum Gasteiger partial charge on any atom is 0.262 e. The van der Waals surface area contributed by atoms with Crippen molar-refractivity contribution in [3.8, 4) is 5.75 Å². The Morgan fingerprint density at radius 3 is 2.75 bits per heavy atom. The van der Waals surface area contributed by atoms with Crippen LogP contribution in [0.15, 0.2) is 58.5 Å². The SMILES string of the molecule is CCOCCCn1c(SCCOc2ccccc2)nc2cc(Cl)ccc2c1=O. The van der Waals surface area contributed by atoms with Gasteiger partial charge >= 0.3 is 0 Å². The minimum Gasteiger partial charge on any atom is -0.493 e. The molecule has 0 bridgehead atoms. The Kier molecular flexibility index (Phi) is 7.77. The highest BCUT2D eigenvalue weighted by Gasteiger charge is 2.12. The summed E-state index contributed by atoms with van der Waals surface area (Å²) >= 11 is 7.59. The average Bonchev–Trinajstić information content (AvgIpc) is 2.71. The van der Waals surface area contributed by atoms with Crippen LogP contribution in [-0.2, 0) is 11.3 Å². The third kappa shape index (κ3) is 5.50. The van der Waals surface area contributed by atoms with E-state index in [1.807, 2.05) is 37.3 Å². The molecule has 148 valence electrons. The van der Waals surface area contributed by atoms with E-state index in [1.54, 1.807) is 22.8 Å². The lowest BCUT2D eigenvalue weighted by Gasteiger charge is -2.13. The van der Waals surface area contributed by atoms with Gasteiger partial charge in [-0.05, 0) is 43.7 Å². The lowest BCUT2D eigenvalue weighted by molar-refractivity contribution is 0.140. The van der Waals surface area contributed by atoms with Gasteiger partial charge in [-0.1, -0.05) is 41.6 Å². The number of rotatable bonds is 10. The van der Waals surface area contributed by atoms with Gasteiger partial charge in [0.25, 0.3) is 5.56 Å². The second-order valence-corrected chi connectivity index (χ2v) is 7.57. The summed E-state index contributed by atoms with van der Waals surface area (Å²) in [5.41, 5.74) is 0.565. The van der Waals surface area contributed by atoms with Gasteiger partial charge in [-0.25, -0.2) is 4.98 Å². The van der Waals surface area contributed by atoms with E-state index in [0.717, 1.165) is 12.2 Å². The van der Waals surface area contributed by atoms with Crippen LogP contribution in [0.4, 0.5) is 0 Å². The lowest BCUT2D eigenvalue weighted by atomic mass is 10.2. The lowest BCUT2D eigenvalue weighted by Crippen LogP contribution is -2.24. The molecule has 0 aliphatic carbocycles. The highest BCUT2D eigenvalue weighted by atomic mass is 35.5. The molecule has 0 aliphatic rings. The van der Waals surface area contributed by atoms with Crippen LogP contribution >= 0.6 is 23.4 Å². The molecule has 0 amide bonds. The molecule has 3 aromatic rings. The topological polar surface area (TPSA) is 53.4 Å². The maximum atomic E-state index is 13.0. The van der Waals surface area contributed by atoms with E-state index < -0.39 is 0 Å². The Balaban J connectivity index is 1.76. The van der Waals surface area contributed by atoms with Crippen LogP contribution in [-0.4, -0.2) is 35.1 Å². The zero-order valence-electron chi connectivity index (χ0n) is 15.8. The van der Waals surface area contributed by atoms with Gasteiger partial charge < -0.3 is 9.47 Å². The fourth-order valence-corrected chi connectivity index (χ4v) is 3.77. The molecule has 0 fully saturated rings. The van der Waals surface area contributed by atoms with Crippen molar-refractivity contribution < 1.29 is 9.47 Å². The molecule has 0 saturated heterocycles. The first-order chi connectivity index (χ1) is 13.7. The van der Waals surface area contributed by atoms with Crippen LogP contribution in [0.5, 0.6) is 5.75 Å². The molecule has 2 aromatic carbocycles. The zero-order chi connectivity index (χ0) is 19.8. The molecule has 0 spiro atoms. The molecule has 28 heavy (non-hydrogen) atoms. The summed E-state index contributed by atoms with van der Waals surface area (Å²) in [5.74, 6) is 1.51. The van der Waals surface area contributed by atoms with Crippen LogP contribution in [0.2, 0.25) is 5.02 Å². The summed E-state index contributed by atoms with van der Waals surface area (Å²) < 4.78 is 12.9. The van der Waals surface area contributed by atoms with Gasteiger partial charge in [0, 0.05) is 30.5 Å². The van der Waals surface area contributed by atoms with Gasteiger partial charge in [0.2, 0.25) is 0 Å². The largest absolute Gasteiger partial charge is 0.493 e. The molecule has 1 aromatic heterocycles. The number of nitrogens with zero attached hydrogens (tertiary/aromatic N) is 2. The number of ether oxygens (including phenoxy) is 2. The van der Waals surface area contributed by atoms with Crippen molar-refractivity contribution >= 4 is 34.3 Å². The van der Waals surface area contributed by atoms with Gasteiger partial charge in [0.15, 0.2) is 5.16 Å². The second-order valence-electron chi connectivity index (χ2n) is 6.07. The van der Waals surface area contributed by atoms with Crippen molar-refractivity contribution in [2.75, 3.05) is 25.6 Å². The van der Waals surface area contributed by atoms with Crippen LogP contribution in [0.25, 0.3) is 10.9 Å². The molecule has 3 rings (SSSR count). The smallest absolute Gasteiger partial charge is 0.262 e. The Labute approximate surface area is 173 Å². The van der Waals surface area contributed by atoms with Gasteiger partial charge in [-0.15, -0.1) is 0 Å². The van der Waals surface area contributed by atoms with Gasteiger partial charge in [0.05, 0.1) is 17.5 Å². The Hall–Kier alpha value is -2.02. The number of halogens is 1. The summed E-state index contributed by atoms with van der Waals surface area (Å²) in [7, 11) is 0. The van der Waals surface area contributed by atoms with E-state index in [0.29, 0.717) is 53.2 Å². The molecule has 0 N–H and O–H groups in total. The fourth-order valence-electron chi connectivity index (χ4n) is 2.76. The quantitative estimate of drug-likeness (QED) is 0.272. The van der Waals surface area contributed by atoms with Crippen molar-refractivity contribution in [1.29, 1.82) is 0 Å². The number of fused-ring (bicyclic) bond motifs is 1. The van der Waals surface area contributed by atoms with E-state index in [-0.39, 0.29) is 5.56 Å². The summed E-state index contributed by atoms with van der Waals surface area (Å²) in [6.07, 6.45) is 0.753. The molecule has 5 nitrogen and oxygen atoms in total. The van der Waals surface area contributed by atoms with E-state index in [2.05, 4.69) is 4.98 Å². The number of thioether (sulfide) groups is 1. The highest BCUT2D eigenvalue weighted by Crippen LogP contribution is 2.21. The van der Waals surface area contributed by atoms with Crippen molar-refractivity contribution in [3.05, 3.63) is 63.9 Å². The monoisotopic (exact) mass is 418 g/mol. The van der Waals surface area contributed by atoms with E-state index >= 15 is 0 Å². The summed E-state index contributed by atoms with van der Waals surface area (Å²) in [6, 6.07) is 14.9. The second kappa shape index (κ2) is 10.5. The first kappa shape index (κ1) is 20.7. The predicted octanol–water partition coefficient (Wildman–Crippen LogP) is 4.65. The van der Waals surface area contributed by atoms with Gasteiger partial charge in [-0.2, -0.15) is 0 Å².